The second-order valence-corrected chi connectivity index (χ2v) is 4.74. The molecule has 3 heteroatoms. The standard InChI is InChI=1S/C9H11N.C7H9NO/c1-2-6-9-8(4-1)5-3-7-10-9;1-6-3-2-4-7(5-9)8-6/h3,5,7H,1-2,4,6H2;2-4,9H,5H2,1H3. The fourth-order valence-electron chi connectivity index (χ4n) is 2.22. The van der Waals surface area contributed by atoms with E-state index in [2.05, 4.69) is 16.0 Å². The number of fused-ring (bicyclic) bond motifs is 1. The monoisotopic (exact) mass is 256 g/mol. The molecule has 0 fully saturated rings. The first-order chi connectivity index (χ1) is 9.29. The van der Waals surface area contributed by atoms with Crippen LogP contribution in [0.4, 0.5) is 0 Å². The van der Waals surface area contributed by atoms with E-state index in [-0.39, 0.29) is 6.61 Å². The average molecular weight is 256 g/mol. The minimum Gasteiger partial charge on any atom is -0.390 e. The Hall–Kier alpha value is -1.74. The van der Waals surface area contributed by atoms with Gasteiger partial charge >= 0.3 is 0 Å². The largest absolute Gasteiger partial charge is 0.390 e. The van der Waals surface area contributed by atoms with Crippen LogP contribution in [0.3, 0.4) is 0 Å². The van der Waals surface area contributed by atoms with Gasteiger partial charge in [0.2, 0.25) is 0 Å². The van der Waals surface area contributed by atoms with Gasteiger partial charge in [-0.25, -0.2) is 0 Å². The summed E-state index contributed by atoms with van der Waals surface area (Å²) in [7, 11) is 0. The SMILES string of the molecule is Cc1cccc(CO)n1.c1cnc2c(c1)CCCC2. The molecule has 0 saturated carbocycles. The van der Waals surface area contributed by atoms with E-state index in [1.54, 1.807) is 6.07 Å². The molecule has 1 aliphatic rings. The summed E-state index contributed by atoms with van der Waals surface area (Å²) in [6.07, 6.45) is 6.99. The number of aromatic nitrogens is 2. The predicted octanol–water partition coefficient (Wildman–Crippen LogP) is 2.84. The first-order valence-electron chi connectivity index (χ1n) is 6.76. The number of hydrogen-bond donors (Lipinski definition) is 1. The van der Waals surface area contributed by atoms with Gasteiger partial charge in [0.15, 0.2) is 0 Å². The van der Waals surface area contributed by atoms with Crippen LogP contribution >= 0.6 is 0 Å². The van der Waals surface area contributed by atoms with Crippen LogP contribution in [0.5, 0.6) is 0 Å². The maximum Gasteiger partial charge on any atom is 0.0853 e. The van der Waals surface area contributed by atoms with Gasteiger partial charge in [-0.15, -0.1) is 0 Å². The predicted molar refractivity (Wildman–Crippen MR) is 75.8 cm³/mol. The quantitative estimate of drug-likeness (QED) is 0.853. The van der Waals surface area contributed by atoms with Crippen LogP contribution in [0, 0.1) is 6.92 Å². The maximum absolute atomic E-state index is 8.60. The normalized spacial score (nSPS) is 13.2. The highest BCUT2D eigenvalue weighted by Gasteiger charge is 2.07. The Balaban J connectivity index is 0.000000141. The average Bonchev–Trinajstić information content (AvgIpc) is 2.48. The highest BCUT2D eigenvalue weighted by atomic mass is 16.3. The molecule has 0 amide bonds. The van der Waals surface area contributed by atoms with Crippen LogP contribution in [0.15, 0.2) is 36.5 Å². The van der Waals surface area contributed by atoms with E-state index in [9.17, 15) is 0 Å². The number of aliphatic hydroxyl groups is 1. The molecular formula is C16H20N2O. The Morgan fingerprint density at radius 3 is 2.63 bits per heavy atom. The zero-order chi connectivity index (χ0) is 13.5. The van der Waals surface area contributed by atoms with Gasteiger partial charge in [-0.1, -0.05) is 12.1 Å². The summed E-state index contributed by atoms with van der Waals surface area (Å²) in [4.78, 5) is 8.36. The lowest BCUT2D eigenvalue weighted by molar-refractivity contribution is 0.276. The van der Waals surface area contributed by atoms with Gasteiger partial charge in [0.1, 0.15) is 0 Å². The second kappa shape index (κ2) is 7.00. The number of rotatable bonds is 1. The van der Waals surface area contributed by atoms with Crippen molar-refractivity contribution in [2.24, 2.45) is 0 Å². The van der Waals surface area contributed by atoms with E-state index in [4.69, 9.17) is 5.11 Å². The van der Waals surface area contributed by atoms with Gasteiger partial charge in [-0.2, -0.15) is 0 Å². The summed E-state index contributed by atoms with van der Waals surface area (Å²) >= 11 is 0. The van der Waals surface area contributed by atoms with E-state index >= 15 is 0 Å². The minimum atomic E-state index is 0.0294. The van der Waals surface area contributed by atoms with E-state index in [0.717, 1.165) is 11.4 Å². The van der Waals surface area contributed by atoms with Crippen LogP contribution in [0.2, 0.25) is 0 Å². The van der Waals surface area contributed by atoms with E-state index in [1.807, 2.05) is 31.3 Å². The third kappa shape index (κ3) is 4.14. The molecule has 3 rings (SSSR count). The molecule has 100 valence electrons. The fraction of sp³-hybridized carbons (Fsp3) is 0.375. The lowest BCUT2D eigenvalue weighted by Gasteiger charge is -2.12. The Morgan fingerprint density at radius 2 is 1.95 bits per heavy atom. The smallest absolute Gasteiger partial charge is 0.0853 e. The molecule has 0 aromatic carbocycles. The lowest BCUT2D eigenvalue weighted by atomic mass is 9.96. The van der Waals surface area contributed by atoms with Crippen molar-refractivity contribution < 1.29 is 5.11 Å². The third-order valence-electron chi connectivity index (χ3n) is 3.20. The van der Waals surface area contributed by atoms with Gasteiger partial charge in [0, 0.05) is 17.6 Å². The first-order valence-corrected chi connectivity index (χ1v) is 6.76. The Labute approximate surface area is 114 Å². The van der Waals surface area contributed by atoms with Crippen molar-refractivity contribution in [1.29, 1.82) is 0 Å². The summed E-state index contributed by atoms with van der Waals surface area (Å²) < 4.78 is 0. The van der Waals surface area contributed by atoms with Crippen molar-refractivity contribution in [3.8, 4) is 0 Å². The molecular weight excluding hydrogens is 236 g/mol. The molecule has 0 unspecified atom stereocenters. The molecule has 2 heterocycles. The fourth-order valence-corrected chi connectivity index (χ4v) is 2.22. The minimum absolute atomic E-state index is 0.0294. The highest BCUT2D eigenvalue weighted by molar-refractivity contribution is 5.21. The lowest BCUT2D eigenvalue weighted by Crippen LogP contribution is -2.03. The molecule has 3 nitrogen and oxygen atoms in total. The molecule has 0 atom stereocenters. The molecule has 0 aliphatic heterocycles. The van der Waals surface area contributed by atoms with Crippen molar-refractivity contribution in [2.75, 3.05) is 0 Å². The number of pyridine rings is 2. The third-order valence-corrected chi connectivity index (χ3v) is 3.20. The van der Waals surface area contributed by atoms with Gasteiger partial charge in [-0.3, -0.25) is 9.97 Å². The van der Waals surface area contributed by atoms with E-state index < -0.39 is 0 Å². The van der Waals surface area contributed by atoms with Crippen molar-refractivity contribution in [3.63, 3.8) is 0 Å². The Morgan fingerprint density at radius 1 is 1.11 bits per heavy atom. The van der Waals surface area contributed by atoms with Crippen molar-refractivity contribution in [3.05, 3.63) is 59.2 Å². The summed E-state index contributed by atoms with van der Waals surface area (Å²) in [5.41, 5.74) is 4.47. The summed E-state index contributed by atoms with van der Waals surface area (Å²) in [5.74, 6) is 0. The summed E-state index contributed by atoms with van der Waals surface area (Å²) in [6, 6.07) is 9.81. The summed E-state index contributed by atoms with van der Waals surface area (Å²) in [5, 5.41) is 8.60. The molecule has 1 aliphatic carbocycles. The number of hydrogen-bond acceptors (Lipinski definition) is 3. The molecule has 1 N–H and O–H groups in total. The van der Waals surface area contributed by atoms with E-state index in [1.165, 1.54) is 36.9 Å². The van der Waals surface area contributed by atoms with Crippen molar-refractivity contribution >= 4 is 0 Å². The van der Waals surface area contributed by atoms with Crippen LogP contribution in [0.1, 0.15) is 35.5 Å². The molecule has 2 aromatic heterocycles. The molecule has 0 radical (unpaired) electrons. The zero-order valence-electron chi connectivity index (χ0n) is 11.3. The zero-order valence-corrected chi connectivity index (χ0v) is 11.3. The van der Waals surface area contributed by atoms with E-state index in [0.29, 0.717) is 0 Å². The number of aliphatic hydroxyl groups excluding tert-OH is 1. The highest BCUT2D eigenvalue weighted by Crippen LogP contribution is 2.17. The van der Waals surface area contributed by atoms with Crippen LogP contribution in [-0.2, 0) is 19.4 Å². The molecule has 19 heavy (non-hydrogen) atoms. The van der Waals surface area contributed by atoms with Gasteiger partial charge < -0.3 is 5.11 Å². The summed E-state index contributed by atoms with van der Waals surface area (Å²) in [6.45, 7) is 1.93. The molecule has 0 saturated heterocycles. The molecule has 0 bridgehead atoms. The number of nitrogens with zero attached hydrogens (tertiary/aromatic N) is 2. The first kappa shape index (κ1) is 13.7. The topological polar surface area (TPSA) is 46.0 Å². The Bertz CT molecular complexity index is 501. The number of aryl methyl sites for hydroxylation is 3. The Kier molecular flexibility index (Phi) is 5.04. The molecule has 2 aromatic rings. The van der Waals surface area contributed by atoms with Gasteiger partial charge in [0.25, 0.3) is 0 Å². The van der Waals surface area contributed by atoms with Gasteiger partial charge in [-0.05, 0) is 56.4 Å². The van der Waals surface area contributed by atoms with Crippen molar-refractivity contribution in [1.82, 2.24) is 9.97 Å². The van der Waals surface area contributed by atoms with Crippen LogP contribution in [-0.4, -0.2) is 15.1 Å². The van der Waals surface area contributed by atoms with Crippen molar-refractivity contribution in [2.45, 2.75) is 39.2 Å². The van der Waals surface area contributed by atoms with Gasteiger partial charge in [0.05, 0.1) is 12.3 Å². The maximum atomic E-state index is 8.60. The second-order valence-electron chi connectivity index (χ2n) is 4.74. The van der Waals surface area contributed by atoms with Crippen LogP contribution < -0.4 is 0 Å². The van der Waals surface area contributed by atoms with Crippen LogP contribution in [0.25, 0.3) is 0 Å². The molecule has 0 spiro atoms.